The molecule has 3 atom stereocenters. The first-order valence-electron chi connectivity index (χ1n) is 15.8. The second kappa shape index (κ2) is 13.9. The molecular weight excluding hydrogens is 575 g/mol. The fraction of sp³-hybridized carbons (Fsp3) is 0.545. The zero-order valence-electron chi connectivity index (χ0n) is 26.9. The van der Waals surface area contributed by atoms with E-state index in [2.05, 4.69) is 31.1 Å². The Morgan fingerprint density at radius 3 is 2.56 bits per heavy atom. The molecule has 2 aliphatic rings. The molecule has 11 nitrogen and oxygen atoms in total. The molecule has 3 amide bonds. The Bertz CT molecular complexity index is 1470. The minimum absolute atomic E-state index is 0.0133. The number of nitrogens with zero attached hydrogens (tertiary/aromatic N) is 6. The van der Waals surface area contributed by atoms with Crippen molar-refractivity contribution < 1.29 is 18.7 Å². The van der Waals surface area contributed by atoms with Crippen molar-refractivity contribution in [2.24, 2.45) is 18.9 Å². The number of likely N-dealkylation sites (tertiary alicyclic amines) is 2. The number of tetrazole rings is 1. The van der Waals surface area contributed by atoms with Crippen molar-refractivity contribution in [1.82, 2.24) is 35.3 Å². The van der Waals surface area contributed by atoms with E-state index >= 15 is 0 Å². The predicted octanol–water partition coefficient (Wildman–Crippen LogP) is 5.03. The maximum Gasteiger partial charge on any atom is 0.410 e. The summed E-state index contributed by atoms with van der Waals surface area (Å²) in [5.41, 5.74) is 2.97. The van der Waals surface area contributed by atoms with Crippen LogP contribution in [-0.2, 0) is 18.2 Å². The van der Waals surface area contributed by atoms with Crippen LogP contribution >= 0.6 is 0 Å². The van der Waals surface area contributed by atoms with Gasteiger partial charge in [-0.1, -0.05) is 12.1 Å². The van der Waals surface area contributed by atoms with Crippen LogP contribution in [0.15, 0.2) is 42.5 Å². The molecule has 2 saturated heterocycles. The van der Waals surface area contributed by atoms with Crippen molar-refractivity contribution in [3.05, 3.63) is 59.4 Å². The quantitative estimate of drug-likeness (QED) is 0.381. The van der Waals surface area contributed by atoms with Gasteiger partial charge in [0, 0.05) is 56.4 Å². The zero-order valence-corrected chi connectivity index (χ0v) is 26.9. The number of halogens is 1. The highest BCUT2D eigenvalue weighted by Gasteiger charge is 2.36. The van der Waals surface area contributed by atoms with E-state index in [4.69, 9.17) is 4.74 Å². The van der Waals surface area contributed by atoms with Crippen molar-refractivity contribution >= 4 is 17.8 Å². The average molecular weight is 621 g/mol. The number of rotatable bonds is 7. The average Bonchev–Trinajstić information content (AvgIpc) is 3.40. The zero-order chi connectivity index (χ0) is 32.1. The molecule has 2 N–H and O–H groups in total. The number of hydrogen-bond donors (Lipinski definition) is 2. The highest BCUT2D eigenvalue weighted by atomic mass is 19.1. The van der Waals surface area contributed by atoms with Crippen LogP contribution in [-0.4, -0.2) is 86.5 Å². The van der Waals surface area contributed by atoms with Crippen molar-refractivity contribution in [3.63, 3.8) is 0 Å². The second-order valence-corrected chi connectivity index (χ2v) is 13.5. The van der Waals surface area contributed by atoms with E-state index in [0.717, 1.165) is 55.6 Å². The molecular formula is C33H45FN8O3. The Kier molecular flexibility index (Phi) is 10.0. The largest absolute Gasteiger partial charge is 0.444 e. The van der Waals surface area contributed by atoms with Crippen LogP contribution in [0.25, 0.3) is 11.4 Å². The molecule has 2 aliphatic heterocycles. The number of urea groups is 1. The maximum absolute atomic E-state index is 13.4. The van der Waals surface area contributed by atoms with Crippen LogP contribution in [0.2, 0.25) is 0 Å². The fourth-order valence-electron chi connectivity index (χ4n) is 6.46. The summed E-state index contributed by atoms with van der Waals surface area (Å²) in [5, 5.41) is 18.0. The Hall–Kier alpha value is -4.06. The van der Waals surface area contributed by atoms with Crippen LogP contribution in [0.1, 0.15) is 51.2 Å². The van der Waals surface area contributed by atoms with E-state index in [-0.39, 0.29) is 29.9 Å². The standard InChI is InChI=1S/C33H45FN8O3/c1-22-15-25(30-37-38-39-40(30)5)18-28(16-22)35-31(43)36-29-12-14-42(32(44)45-33(2,3)4)21-26(29)20-41-13-6-7-24(19-41)17-23-8-10-27(34)11-9-23/h8-11,15-16,18,24,26,29H,6-7,12-14,17,19-21H2,1-5H3,(H2,35,36,43)/t24-,26+,29+/m0/s1. The maximum atomic E-state index is 13.4. The van der Waals surface area contributed by atoms with Crippen LogP contribution < -0.4 is 10.6 Å². The third kappa shape index (κ3) is 9.00. The summed E-state index contributed by atoms with van der Waals surface area (Å²) in [4.78, 5) is 30.6. The minimum Gasteiger partial charge on any atom is -0.444 e. The van der Waals surface area contributed by atoms with Crippen LogP contribution in [0, 0.1) is 24.6 Å². The third-order valence-corrected chi connectivity index (χ3v) is 8.45. The van der Waals surface area contributed by atoms with Gasteiger partial charge in [0.15, 0.2) is 5.82 Å². The molecule has 0 radical (unpaired) electrons. The highest BCUT2D eigenvalue weighted by Crippen LogP contribution is 2.27. The summed E-state index contributed by atoms with van der Waals surface area (Å²) in [6.45, 7) is 11.2. The molecule has 5 rings (SSSR count). The second-order valence-electron chi connectivity index (χ2n) is 13.5. The lowest BCUT2D eigenvalue weighted by atomic mass is 9.88. The number of hydrogen-bond acceptors (Lipinski definition) is 7. The molecule has 12 heteroatoms. The lowest BCUT2D eigenvalue weighted by Crippen LogP contribution is -2.57. The molecule has 0 aliphatic carbocycles. The van der Waals surface area contributed by atoms with Crippen LogP contribution in [0.3, 0.4) is 0 Å². The third-order valence-electron chi connectivity index (χ3n) is 8.45. The Morgan fingerprint density at radius 1 is 1.07 bits per heavy atom. The summed E-state index contributed by atoms with van der Waals surface area (Å²) < 4.78 is 20.7. The van der Waals surface area contributed by atoms with Crippen molar-refractivity contribution in [1.29, 1.82) is 0 Å². The van der Waals surface area contributed by atoms with Gasteiger partial charge in [-0.05, 0) is 118 Å². The SMILES string of the molecule is Cc1cc(NC(=O)N[C@@H]2CCN(C(=O)OC(C)(C)C)C[C@H]2CN2CCC[C@@H](Cc3ccc(F)cc3)C2)cc(-c2nnnn2C)c1. The van der Waals surface area contributed by atoms with E-state index in [1.54, 1.807) is 16.6 Å². The predicted molar refractivity (Wildman–Crippen MR) is 170 cm³/mol. The lowest BCUT2D eigenvalue weighted by Gasteiger charge is -2.42. The molecule has 0 unspecified atom stereocenters. The van der Waals surface area contributed by atoms with Crippen molar-refractivity contribution in [2.45, 2.75) is 65.0 Å². The number of piperidine rings is 2. The van der Waals surface area contributed by atoms with Gasteiger partial charge in [0.05, 0.1) is 0 Å². The number of amides is 3. The van der Waals surface area contributed by atoms with E-state index in [9.17, 15) is 14.0 Å². The number of aryl methyl sites for hydroxylation is 2. The molecule has 242 valence electrons. The van der Waals surface area contributed by atoms with Gasteiger partial charge in [0.2, 0.25) is 0 Å². The fourth-order valence-corrected chi connectivity index (χ4v) is 6.46. The summed E-state index contributed by atoms with van der Waals surface area (Å²) in [5.74, 6) is 0.864. The number of ether oxygens (including phenoxy) is 1. The van der Waals surface area contributed by atoms with Crippen LogP contribution in [0.5, 0.6) is 0 Å². The van der Waals surface area contributed by atoms with Gasteiger partial charge < -0.3 is 25.2 Å². The summed E-state index contributed by atoms with van der Waals surface area (Å²) in [6, 6.07) is 12.1. The minimum atomic E-state index is -0.588. The monoisotopic (exact) mass is 620 g/mol. The van der Waals surface area contributed by atoms with Gasteiger partial charge in [-0.2, -0.15) is 0 Å². The number of benzene rings is 2. The first-order chi connectivity index (χ1) is 21.4. The molecule has 2 fully saturated rings. The van der Waals surface area contributed by atoms with Gasteiger partial charge in [0.25, 0.3) is 0 Å². The molecule has 0 saturated carbocycles. The smallest absolute Gasteiger partial charge is 0.410 e. The van der Waals surface area contributed by atoms with Crippen LogP contribution in [0.4, 0.5) is 19.7 Å². The molecule has 2 aromatic carbocycles. The normalized spacial score (nSPS) is 20.9. The van der Waals surface area contributed by atoms with Gasteiger partial charge in [-0.15, -0.1) is 5.10 Å². The highest BCUT2D eigenvalue weighted by molar-refractivity contribution is 5.90. The molecule has 0 spiro atoms. The summed E-state index contributed by atoms with van der Waals surface area (Å²) in [7, 11) is 1.77. The van der Waals surface area contributed by atoms with Gasteiger partial charge in [0.1, 0.15) is 11.4 Å². The van der Waals surface area contributed by atoms with E-state index in [0.29, 0.717) is 36.9 Å². The number of nitrogens with one attached hydrogen (secondary N) is 2. The Labute approximate surface area is 264 Å². The molecule has 45 heavy (non-hydrogen) atoms. The molecule has 3 heterocycles. The Morgan fingerprint density at radius 2 is 1.84 bits per heavy atom. The number of aromatic nitrogens is 4. The molecule has 3 aromatic rings. The van der Waals surface area contributed by atoms with E-state index in [1.807, 2.05) is 58.0 Å². The number of carbonyl (C=O) groups excluding carboxylic acids is 2. The molecule has 0 bridgehead atoms. The van der Waals surface area contributed by atoms with E-state index in [1.165, 1.54) is 12.1 Å². The molecule has 1 aromatic heterocycles. The van der Waals surface area contributed by atoms with E-state index < -0.39 is 5.60 Å². The summed E-state index contributed by atoms with van der Waals surface area (Å²) >= 11 is 0. The van der Waals surface area contributed by atoms with Crippen molar-refractivity contribution in [2.75, 3.05) is 38.0 Å². The van der Waals surface area contributed by atoms with Gasteiger partial charge in [-0.25, -0.2) is 18.7 Å². The topological polar surface area (TPSA) is 118 Å². The first-order valence-corrected chi connectivity index (χ1v) is 15.8. The van der Waals surface area contributed by atoms with Crippen molar-refractivity contribution in [3.8, 4) is 11.4 Å². The number of carbonyl (C=O) groups is 2. The number of anilines is 1. The van der Waals surface area contributed by atoms with Gasteiger partial charge >= 0.3 is 12.1 Å². The summed E-state index contributed by atoms with van der Waals surface area (Å²) in [6.07, 6.45) is 3.39. The van der Waals surface area contributed by atoms with Gasteiger partial charge in [-0.3, -0.25) is 0 Å². The first kappa shape index (κ1) is 32.3. The Balaban J connectivity index is 1.26. The lowest BCUT2D eigenvalue weighted by molar-refractivity contribution is 0.00960.